The molecular formula is C20H14BrN3O2S. The van der Waals surface area contributed by atoms with Gasteiger partial charge in [0, 0.05) is 15.2 Å². The van der Waals surface area contributed by atoms with Crippen molar-refractivity contribution < 1.29 is 4.42 Å². The molecule has 4 aromatic rings. The minimum atomic E-state index is -0.415. The van der Waals surface area contributed by atoms with Gasteiger partial charge in [0.05, 0.1) is 17.0 Å². The van der Waals surface area contributed by atoms with Gasteiger partial charge in [-0.25, -0.2) is 9.78 Å². The Morgan fingerprint density at radius 1 is 1.19 bits per heavy atom. The summed E-state index contributed by atoms with van der Waals surface area (Å²) in [7, 11) is 0. The second-order valence-corrected chi connectivity index (χ2v) is 7.62. The van der Waals surface area contributed by atoms with Crippen LogP contribution in [0.4, 0.5) is 5.13 Å². The predicted octanol–water partition coefficient (Wildman–Crippen LogP) is 5.52. The lowest BCUT2D eigenvalue weighted by molar-refractivity contribution is 0.563. The summed E-state index contributed by atoms with van der Waals surface area (Å²) >= 11 is 4.76. The molecular weight excluding hydrogens is 426 g/mol. The molecule has 0 aliphatic rings. The highest BCUT2D eigenvalue weighted by Crippen LogP contribution is 2.26. The fourth-order valence-electron chi connectivity index (χ4n) is 2.59. The van der Waals surface area contributed by atoms with Gasteiger partial charge in [0.25, 0.3) is 0 Å². The molecule has 0 saturated carbocycles. The lowest BCUT2D eigenvalue weighted by Crippen LogP contribution is -2.03. The van der Waals surface area contributed by atoms with Crippen LogP contribution in [-0.2, 0) is 0 Å². The first-order chi connectivity index (χ1) is 13.1. The third-order valence-electron chi connectivity index (χ3n) is 3.99. The normalized spacial score (nSPS) is 11.7. The van der Waals surface area contributed by atoms with E-state index in [-0.39, 0.29) is 0 Å². The summed E-state index contributed by atoms with van der Waals surface area (Å²) in [6, 6.07) is 17.2. The van der Waals surface area contributed by atoms with Gasteiger partial charge in [0.2, 0.25) is 5.13 Å². The van der Waals surface area contributed by atoms with Crippen molar-refractivity contribution in [2.24, 2.45) is 5.10 Å². The number of rotatable bonds is 4. The molecule has 4 rings (SSSR count). The molecule has 2 aromatic carbocycles. The van der Waals surface area contributed by atoms with Crippen molar-refractivity contribution in [2.45, 2.75) is 6.92 Å². The Kier molecular flexibility index (Phi) is 4.87. The Morgan fingerprint density at radius 2 is 2.00 bits per heavy atom. The van der Waals surface area contributed by atoms with Crippen LogP contribution in [0, 0.1) is 0 Å². The van der Waals surface area contributed by atoms with E-state index in [9.17, 15) is 4.79 Å². The molecule has 2 aromatic heterocycles. The van der Waals surface area contributed by atoms with Crippen molar-refractivity contribution in [3.05, 3.63) is 80.4 Å². The number of thiazole rings is 1. The molecule has 27 heavy (non-hydrogen) atoms. The zero-order valence-corrected chi connectivity index (χ0v) is 16.7. The first kappa shape index (κ1) is 17.6. The predicted molar refractivity (Wildman–Crippen MR) is 114 cm³/mol. The van der Waals surface area contributed by atoms with Crippen LogP contribution < -0.4 is 11.1 Å². The zero-order chi connectivity index (χ0) is 18.8. The highest BCUT2D eigenvalue weighted by atomic mass is 79.9. The number of halogens is 1. The molecule has 134 valence electrons. The summed E-state index contributed by atoms with van der Waals surface area (Å²) in [5.74, 6) is 0. The van der Waals surface area contributed by atoms with Crippen LogP contribution in [-0.4, -0.2) is 10.7 Å². The fraction of sp³-hybridized carbons (Fsp3) is 0.0500. The molecule has 1 N–H and O–H groups in total. The quantitative estimate of drug-likeness (QED) is 0.258. The Morgan fingerprint density at radius 3 is 2.81 bits per heavy atom. The monoisotopic (exact) mass is 439 g/mol. The van der Waals surface area contributed by atoms with E-state index < -0.39 is 5.63 Å². The maximum atomic E-state index is 12.3. The Bertz CT molecular complexity index is 1200. The van der Waals surface area contributed by atoms with Crippen LogP contribution in [0.3, 0.4) is 0 Å². The molecule has 0 aliphatic carbocycles. The van der Waals surface area contributed by atoms with Crippen molar-refractivity contribution in [3.63, 3.8) is 0 Å². The van der Waals surface area contributed by atoms with Crippen LogP contribution in [0.5, 0.6) is 0 Å². The van der Waals surface area contributed by atoms with Crippen molar-refractivity contribution in [3.8, 4) is 11.3 Å². The van der Waals surface area contributed by atoms with E-state index in [1.54, 1.807) is 12.1 Å². The third kappa shape index (κ3) is 3.84. The summed E-state index contributed by atoms with van der Waals surface area (Å²) in [6.45, 7) is 1.92. The first-order valence-corrected chi connectivity index (χ1v) is 9.82. The van der Waals surface area contributed by atoms with Gasteiger partial charge >= 0.3 is 5.63 Å². The highest BCUT2D eigenvalue weighted by Gasteiger charge is 2.12. The number of nitrogens with zero attached hydrogens (tertiary/aromatic N) is 2. The van der Waals surface area contributed by atoms with Crippen LogP contribution in [0.1, 0.15) is 12.5 Å². The second-order valence-electron chi connectivity index (χ2n) is 5.84. The number of hydrazone groups is 1. The molecule has 0 aliphatic heterocycles. The number of aromatic nitrogens is 1. The van der Waals surface area contributed by atoms with Crippen molar-refractivity contribution >= 4 is 49.1 Å². The topological polar surface area (TPSA) is 67.5 Å². The van der Waals surface area contributed by atoms with Gasteiger partial charge < -0.3 is 4.42 Å². The van der Waals surface area contributed by atoms with Gasteiger partial charge in [-0.2, -0.15) is 5.10 Å². The van der Waals surface area contributed by atoms with E-state index in [0.717, 1.165) is 21.1 Å². The average molecular weight is 440 g/mol. The number of anilines is 1. The molecule has 0 radical (unpaired) electrons. The van der Waals surface area contributed by atoms with E-state index in [4.69, 9.17) is 4.42 Å². The standard InChI is InChI=1S/C20H14BrN3O2S/c1-12(13-5-3-2-4-6-13)23-24-20-22-17(11-27-20)16-9-14-7-8-15(21)10-18(14)26-19(16)25/h2-11H,1H3,(H,22,24)/b23-12+. The number of nitrogens with one attached hydrogen (secondary N) is 1. The summed E-state index contributed by atoms with van der Waals surface area (Å²) in [5, 5.41) is 7.62. The van der Waals surface area contributed by atoms with Crippen LogP contribution in [0.2, 0.25) is 0 Å². The Hall–Kier alpha value is -2.77. The minimum absolute atomic E-state index is 0.415. The molecule has 0 fully saturated rings. The molecule has 7 heteroatoms. The molecule has 0 spiro atoms. The zero-order valence-electron chi connectivity index (χ0n) is 14.3. The number of benzene rings is 2. The van der Waals surface area contributed by atoms with Gasteiger partial charge in [-0.3, -0.25) is 5.43 Å². The molecule has 0 saturated heterocycles. The molecule has 0 amide bonds. The van der Waals surface area contributed by atoms with E-state index >= 15 is 0 Å². The van der Waals surface area contributed by atoms with E-state index in [2.05, 4.69) is 31.4 Å². The third-order valence-corrected chi connectivity index (χ3v) is 5.23. The summed E-state index contributed by atoms with van der Waals surface area (Å²) in [6.07, 6.45) is 0. The van der Waals surface area contributed by atoms with Crippen molar-refractivity contribution in [2.75, 3.05) is 5.43 Å². The Balaban J connectivity index is 1.61. The van der Waals surface area contributed by atoms with E-state index in [1.807, 2.05) is 54.8 Å². The summed E-state index contributed by atoms with van der Waals surface area (Å²) < 4.78 is 6.28. The maximum absolute atomic E-state index is 12.3. The molecule has 2 heterocycles. The lowest BCUT2D eigenvalue weighted by Gasteiger charge is -2.01. The molecule has 0 atom stereocenters. The summed E-state index contributed by atoms with van der Waals surface area (Å²) in [5.41, 5.74) is 5.95. The Labute approximate surface area is 167 Å². The molecule has 5 nitrogen and oxygen atoms in total. The van der Waals surface area contributed by atoms with Gasteiger partial charge in [-0.05, 0) is 30.7 Å². The number of hydrogen-bond acceptors (Lipinski definition) is 6. The lowest BCUT2D eigenvalue weighted by atomic mass is 10.1. The minimum Gasteiger partial charge on any atom is -0.422 e. The second kappa shape index (κ2) is 7.46. The molecule has 0 bridgehead atoms. The number of fused-ring (bicyclic) bond motifs is 1. The van der Waals surface area contributed by atoms with E-state index in [0.29, 0.717) is 22.0 Å². The summed E-state index contributed by atoms with van der Waals surface area (Å²) in [4.78, 5) is 16.8. The largest absolute Gasteiger partial charge is 0.422 e. The molecule has 0 unspecified atom stereocenters. The SMILES string of the molecule is C/C(=N\Nc1nc(-c2cc3ccc(Br)cc3oc2=O)cs1)c1ccccc1. The van der Waals surface area contributed by atoms with Crippen molar-refractivity contribution in [1.29, 1.82) is 0 Å². The van der Waals surface area contributed by atoms with Crippen molar-refractivity contribution in [1.82, 2.24) is 4.98 Å². The average Bonchev–Trinajstić information content (AvgIpc) is 3.15. The van der Waals surface area contributed by atoms with Crippen LogP contribution in [0.25, 0.3) is 22.2 Å². The van der Waals surface area contributed by atoms with E-state index in [1.165, 1.54) is 11.3 Å². The van der Waals surface area contributed by atoms with Gasteiger partial charge in [0.1, 0.15) is 5.58 Å². The smallest absolute Gasteiger partial charge is 0.345 e. The highest BCUT2D eigenvalue weighted by molar-refractivity contribution is 9.10. The van der Waals surface area contributed by atoms with Crippen LogP contribution in [0.15, 0.2) is 78.8 Å². The van der Waals surface area contributed by atoms with Gasteiger partial charge in [0.15, 0.2) is 0 Å². The fourth-order valence-corrected chi connectivity index (χ4v) is 3.58. The van der Waals surface area contributed by atoms with Gasteiger partial charge in [-0.1, -0.05) is 52.3 Å². The first-order valence-electron chi connectivity index (χ1n) is 8.15. The number of hydrogen-bond donors (Lipinski definition) is 1. The van der Waals surface area contributed by atoms with Crippen LogP contribution >= 0.6 is 27.3 Å². The van der Waals surface area contributed by atoms with Gasteiger partial charge in [-0.15, -0.1) is 11.3 Å². The maximum Gasteiger partial charge on any atom is 0.345 e.